The zero-order chi connectivity index (χ0) is 17.1. The van der Waals surface area contributed by atoms with Crippen molar-refractivity contribution in [2.24, 2.45) is 4.99 Å². The van der Waals surface area contributed by atoms with Gasteiger partial charge in [0.15, 0.2) is 17.5 Å². The Balaban J connectivity index is 2.64. The summed E-state index contributed by atoms with van der Waals surface area (Å²) in [6.45, 7) is 6.17. The Bertz CT molecular complexity index is 507. The highest BCUT2D eigenvalue weighted by atomic mass is 35.5. The summed E-state index contributed by atoms with van der Waals surface area (Å²) in [7, 11) is 3.38. The van der Waals surface area contributed by atoms with Gasteiger partial charge in [-0.1, -0.05) is 31.4 Å². The lowest BCUT2D eigenvalue weighted by molar-refractivity contribution is 0.311. The molecule has 6 heteroatoms. The minimum Gasteiger partial charge on any atom is -0.493 e. The van der Waals surface area contributed by atoms with E-state index in [-0.39, 0.29) is 0 Å². The van der Waals surface area contributed by atoms with Crippen LogP contribution in [-0.2, 0) is 6.54 Å². The van der Waals surface area contributed by atoms with E-state index in [1.54, 1.807) is 14.2 Å². The summed E-state index contributed by atoms with van der Waals surface area (Å²) in [6.07, 6.45) is 3.56. The summed E-state index contributed by atoms with van der Waals surface area (Å²) >= 11 is 6.28. The lowest BCUT2D eigenvalue weighted by atomic mass is 10.2. The van der Waals surface area contributed by atoms with Gasteiger partial charge in [0.2, 0.25) is 0 Å². The Morgan fingerprint density at radius 1 is 1.22 bits per heavy atom. The maximum absolute atomic E-state index is 6.28. The molecule has 0 unspecified atom stereocenters. The van der Waals surface area contributed by atoms with Crippen molar-refractivity contribution in [2.45, 2.75) is 39.7 Å². The fourth-order valence-corrected chi connectivity index (χ4v) is 2.44. The molecule has 0 amide bonds. The van der Waals surface area contributed by atoms with E-state index >= 15 is 0 Å². The largest absolute Gasteiger partial charge is 0.493 e. The van der Waals surface area contributed by atoms with Gasteiger partial charge in [-0.3, -0.25) is 4.99 Å². The summed E-state index contributed by atoms with van der Waals surface area (Å²) in [4.78, 5) is 4.22. The highest BCUT2D eigenvalue weighted by Crippen LogP contribution is 2.36. The molecule has 0 aromatic heterocycles. The summed E-state index contributed by atoms with van der Waals surface area (Å²) in [5.74, 6) is 2.01. The maximum Gasteiger partial charge on any atom is 0.191 e. The first-order chi connectivity index (χ1) is 11.2. The van der Waals surface area contributed by atoms with Crippen LogP contribution in [0.2, 0.25) is 5.02 Å². The van der Waals surface area contributed by atoms with Gasteiger partial charge < -0.3 is 20.1 Å². The molecule has 2 N–H and O–H groups in total. The zero-order valence-electron chi connectivity index (χ0n) is 14.5. The van der Waals surface area contributed by atoms with E-state index in [0.29, 0.717) is 29.7 Å². The maximum atomic E-state index is 6.28. The van der Waals surface area contributed by atoms with Crippen molar-refractivity contribution in [1.29, 1.82) is 0 Å². The number of halogens is 1. The molecule has 1 aromatic carbocycles. The van der Waals surface area contributed by atoms with Gasteiger partial charge in [0.25, 0.3) is 0 Å². The number of rotatable bonds is 9. The monoisotopic (exact) mass is 341 g/mol. The number of nitrogens with zero attached hydrogens (tertiary/aromatic N) is 1. The third-order valence-corrected chi connectivity index (χ3v) is 3.61. The minimum atomic E-state index is 0.544. The van der Waals surface area contributed by atoms with Crippen molar-refractivity contribution in [3.05, 3.63) is 22.7 Å². The Hall–Kier alpha value is -1.62. The van der Waals surface area contributed by atoms with Gasteiger partial charge in [-0.2, -0.15) is 0 Å². The van der Waals surface area contributed by atoms with Gasteiger partial charge in [-0.15, -0.1) is 0 Å². The van der Waals surface area contributed by atoms with Crippen molar-refractivity contribution < 1.29 is 9.47 Å². The molecule has 0 bridgehead atoms. The van der Waals surface area contributed by atoms with Crippen LogP contribution in [-0.4, -0.2) is 33.3 Å². The van der Waals surface area contributed by atoms with Crippen LogP contribution in [0.3, 0.4) is 0 Å². The van der Waals surface area contributed by atoms with E-state index in [0.717, 1.165) is 24.5 Å². The standard InChI is InChI=1S/C17H28ClN3O2/c1-5-7-8-9-20-17(19-3)21-12-13-10-14(18)16(23-6-2)15(11-13)22-4/h10-11H,5-9,12H2,1-4H3,(H2,19,20,21). The molecule has 0 radical (unpaired) electrons. The summed E-state index contributed by atoms with van der Waals surface area (Å²) in [5.41, 5.74) is 1.01. The van der Waals surface area contributed by atoms with Gasteiger partial charge in [0, 0.05) is 20.1 Å². The molecule has 0 aliphatic carbocycles. The normalized spacial score (nSPS) is 11.3. The number of nitrogens with one attached hydrogen (secondary N) is 2. The van der Waals surface area contributed by atoms with Crippen LogP contribution in [0.5, 0.6) is 11.5 Å². The third-order valence-electron chi connectivity index (χ3n) is 3.33. The smallest absolute Gasteiger partial charge is 0.191 e. The Morgan fingerprint density at radius 2 is 2.00 bits per heavy atom. The molecular formula is C17H28ClN3O2. The molecule has 0 aliphatic rings. The quantitative estimate of drug-likeness (QED) is 0.409. The van der Waals surface area contributed by atoms with Crippen molar-refractivity contribution in [3.8, 4) is 11.5 Å². The van der Waals surface area contributed by atoms with Gasteiger partial charge >= 0.3 is 0 Å². The second-order valence-electron chi connectivity index (χ2n) is 5.10. The number of guanidine groups is 1. The molecule has 5 nitrogen and oxygen atoms in total. The molecule has 1 aromatic rings. The van der Waals surface area contributed by atoms with Crippen LogP contribution in [0, 0.1) is 0 Å². The number of aliphatic imine (C=N–C) groups is 1. The topological polar surface area (TPSA) is 54.9 Å². The average molecular weight is 342 g/mol. The van der Waals surface area contributed by atoms with Crippen LogP contribution in [0.15, 0.2) is 17.1 Å². The number of unbranched alkanes of at least 4 members (excludes halogenated alkanes) is 2. The second-order valence-corrected chi connectivity index (χ2v) is 5.51. The first kappa shape index (κ1) is 19.4. The van der Waals surface area contributed by atoms with Crippen molar-refractivity contribution in [3.63, 3.8) is 0 Å². The predicted molar refractivity (Wildman–Crippen MR) is 96.9 cm³/mol. The van der Waals surface area contributed by atoms with E-state index in [9.17, 15) is 0 Å². The Kier molecular flexibility index (Phi) is 9.29. The SMILES string of the molecule is CCCCCNC(=NC)NCc1cc(Cl)c(OCC)c(OC)c1. The molecule has 0 saturated heterocycles. The Morgan fingerprint density at radius 3 is 2.61 bits per heavy atom. The van der Waals surface area contributed by atoms with Crippen LogP contribution in [0.25, 0.3) is 0 Å². The van der Waals surface area contributed by atoms with E-state index in [1.807, 2.05) is 19.1 Å². The fourth-order valence-electron chi connectivity index (χ4n) is 2.15. The average Bonchev–Trinajstić information content (AvgIpc) is 2.56. The van der Waals surface area contributed by atoms with Crippen LogP contribution >= 0.6 is 11.6 Å². The molecule has 0 aliphatic heterocycles. The first-order valence-corrected chi connectivity index (χ1v) is 8.47. The second kappa shape index (κ2) is 11.0. The number of hydrogen-bond donors (Lipinski definition) is 2. The van der Waals surface area contributed by atoms with Gasteiger partial charge in [-0.05, 0) is 31.0 Å². The predicted octanol–water partition coefficient (Wildman–Crippen LogP) is 3.60. The van der Waals surface area contributed by atoms with E-state index in [1.165, 1.54) is 12.8 Å². The summed E-state index contributed by atoms with van der Waals surface area (Å²) in [6, 6.07) is 3.81. The molecule has 1 rings (SSSR count). The number of ether oxygens (including phenoxy) is 2. The van der Waals surface area contributed by atoms with Crippen LogP contribution in [0.1, 0.15) is 38.7 Å². The molecule has 0 spiro atoms. The van der Waals surface area contributed by atoms with Crippen molar-refractivity contribution in [1.82, 2.24) is 10.6 Å². The number of methoxy groups -OCH3 is 1. The molecule has 0 atom stereocenters. The van der Waals surface area contributed by atoms with Gasteiger partial charge in [0.05, 0.1) is 18.7 Å². The highest BCUT2D eigenvalue weighted by molar-refractivity contribution is 6.32. The first-order valence-electron chi connectivity index (χ1n) is 8.09. The van der Waals surface area contributed by atoms with Crippen LogP contribution in [0.4, 0.5) is 0 Å². The van der Waals surface area contributed by atoms with E-state index < -0.39 is 0 Å². The summed E-state index contributed by atoms with van der Waals surface area (Å²) < 4.78 is 10.9. The number of benzene rings is 1. The zero-order valence-corrected chi connectivity index (χ0v) is 15.3. The lowest BCUT2D eigenvalue weighted by Gasteiger charge is -2.15. The molecule has 130 valence electrons. The molecule has 0 saturated carbocycles. The Labute approximate surface area is 144 Å². The minimum absolute atomic E-state index is 0.544. The van der Waals surface area contributed by atoms with Crippen molar-refractivity contribution in [2.75, 3.05) is 27.3 Å². The van der Waals surface area contributed by atoms with Gasteiger partial charge in [-0.25, -0.2) is 0 Å². The molecular weight excluding hydrogens is 314 g/mol. The molecule has 0 heterocycles. The van der Waals surface area contributed by atoms with E-state index in [2.05, 4.69) is 22.5 Å². The number of hydrogen-bond acceptors (Lipinski definition) is 3. The third kappa shape index (κ3) is 6.57. The fraction of sp³-hybridized carbons (Fsp3) is 0.588. The molecule has 23 heavy (non-hydrogen) atoms. The van der Waals surface area contributed by atoms with E-state index in [4.69, 9.17) is 21.1 Å². The van der Waals surface area contributed by atoms with Crippen molar-refractivity contribution >= 4 is 17.6 Å². The molecule has 0 fully saturated rings. The highest BCUT2D eigenvalue weighted by Gasteiger charge is 2.11. The lowest BCUT2D eigenvalue weighted by Crippen LogP contribution is -2.37. The van der Waals surface area contributed by atoms with Gasteiger partial charge in [0.1, 0.15) is 0 Å². The van der Waals surface area contributed by atoms with Crippen LogP contribution < -0.4 is 20.1 Å². The summed E-state index contributed by atoms with van der Waals surface area (Å²) in [5, 5.41) is 7.13.